The van der Waals surface area contributed by atoms with E-state index in [2.05, 4.69) is 16.7 Å². The molecule has 0 aliphatic carbocycles. The minimum absolute atomic E-state index is 0. The van der Waals surface area contributed by atoms with Gasteiger partial charge < -0.3 is 10.6 Å². The Morgan fingerprint density at radius 2 is 2.00 bits per heavy atom. The van der Waals surface area contributed by atoms with Gasteiger partial charge in [0.25, 0.3) is 5.91 Å². The molecule has 2 N–H and O–H groups in total. The largest absolute Gasteiger partial charge is 0.352 e. The van der Waals surface area contributed by atoms with Crippen LogP contribution >= 0.6 is 12.4 Å². The Morgan fingerprint density at radius 1 is 1.30 bits per heavy atom. The third-order valence-electron chi connectivity index (χ3n) is 3.72. The summed E-state index contributed by atoms with van der Waals surface area (Å²) in [7, 11) is 0. The van der Waals surface area contributed by atoms with Gasteiger partial charge in [0, 0.05) is 12.1 Å². The fraction of sp³-hybridized carbons (Fsp3) is 0.562. The zero-order chi connectivity index (χ0) is 13.7. The molecule has 0 saturated carbocycles. The van der Waals surface area contributed by atoms with Gasteiger partial charge in [0.05, 0.1) is 0 Å². The number of carbonyl (C=O) groups excluding carboxylic acids is 1. The average Bonchev–Trinajstić information content (AvgIpc) is 2.38. The number of benzene rings is 1. The van der Waals surface area contributed by atoms with Gasteiger partial charge in [0.2, 0.25) is 0 Å². The van der Waals surface area contributed by atoms with Crippen LogP contribution in [0.5, 0.6) is 0 Å². The van der Waals surface area contributed by atoms with Gasteiger partial charge in [0.15, 0.2) is 0 Å². The molecule has 4 heteroatoms. The maximum atomic E-state index is 12.1. The van der Waals surface area contributed by atoms with Crippen molar-refractivity contribution in [3.63, 3.8) is 0 Å². The molecule has 1 saturated heterocycles. The number of halogens is 1. The molecule has 112 valence electrons. The molecule has 0 spiro atoms. The monoisotopic (exact) mass is 296 g/mol. The van der Waals surface area contributed by atoms with Crippen molar-refractivity contribution in [3.05, 3.63) is 34.9 Å². The first-order chi connectivity index (χ1) is 9.15. The standard InChI is InChI=1S/C16H24N2O.ClH/c1-12-8-13(2)10-15(9-12)16(19)18-7-5-14-4-3-6-17-11-14;/h8-10,14,17H,3-7,11H2,1-2H3,(H,18,19);1H. The van der Waals surface area contributed by atoms with Crippen LogP contribution in [0.15, 0.2) is 18.2 Å². The lowest BCUT2D eigenvalue weighted by atomic mass is 9.96. The molecule has 1 amide bonds. The van der Waals surface area contributed by atoms with Crippen LogP contribution in [0.3, 0.4) is 0 Å². The quantitative estimate of drug-likeness (QED) is 0.897. The molecule has 1 aliphatic rings. The van der Waals surface area contributed by atoms with E-state index in [1.54, 1.807) is 0 Å². The summed E-state index contributed by atoms with van der Waals surface area (Å²) in [5.74, 6) is 0.767. The summed E-state index contributed by atoms with van der Waals surface area (Å²) in [6.45, 7) is 7.07. The summed E-state index contributed by atoms with van der Waals surface area (Å²) in [5.41, 5.74) is 3.06. The molecule has 2 rings (SSSR count). The lowest BCUT2D eigenvalue weighted by Gasteiger charge is -2.22. The predicted molar refractivity (Wildman–Crippen MR) is 85.7 cm³/mol. The lowest BCUT2D eigenvalue weighted by Crippen LogP contribution is -2.33. The molecule has 1 aromatic rings. The number of carbonyl (C=O) groups is 1. The van der Waals surface area contributed by atoms with Crippen LogP contribution < -0.4 is 10.6 Å². The predicted octanol–water partition coefficient (Wildman–Crippen LogP) is 2.84. The molecule has 1 fully saturated rings. The number of hydrogen-bond acceptors (Lipinski definition) is 2. The van der Waals surface area contributed by atoms with E-state index < -0.39 is 0 Å². The number of rotatable bonds is 4. The molecule has 1 atom stereocenters. The zero-order valence-corrected chi connectivity index (χ0v) is 13.2. The van der Waals surface area contributed by atoms with Gasteiger partial charge in [0.1, 0.15) is 0 Å². The first-order valence-electron chi connectivity index (χ1n) is 7.22. The van der Waals surface area contributed by atoms with Crippen molar-refractivity contribution in [2.45, 2.75) is 33.1 Å². The molecule has 1 heterocycles. The maximum Gasteiger partial charge on any atom is 0.251 e. The number of aryl methyl sites for hydroxylation is 2. The van der Waals surface area contributed by atoms with E-state index in [1.807, 2.05) is 26.0 Å². The lowest BCUT2D eigenvalue weighted by molar-refractivity contribution is 0.0950. The summed E-state index contributed by atoms with van der Waals surface area (Å²) in [5, 5.41) is 6.44. The van der Waals surface area contributed by atoms with Crippen molar-refractivity contribution in [1.29, 1.82) is 0 Å². The Bertz CT molecular complexity index is 422. The molecule has 1 aromatic carbocycles. The summed E-state index contributed by atoms with van der Waals surface area (Å²) in [4.78, 5) is 12.1. The van der Waals surface area contributed by atoms with Crippen molar-refractivity contribution < 1.29 is 4.79 Å². The molecule has 0 aromatic heterocycles. The molecular formula is C16H25ClN2O. The maximum absolute atomic E-state index is 12.1. The van der Waals surface area contributed by atoms with Crippen molar-refractivity contribution in [2.75, 3.05) is 19.6 Å². The van der Waals surface area contributed by atoms with Gasteiger partial charge in [-0.1, -0.05) is 17.2 Å². The molecule has 20 heavy (non-hydrogen) atoms. The van der Waals surface area contributed by atoms with E-state index in [1.165, 1.54) is 12.8 Å². The smallest absolute Gasteiger partial charge is 0.251 e. The minimum Gasteiger partial charge on any atom is -0.352 e. The van der Waals surface area contributed by atoms with Gasteiger partial charge >= 0.3 is 0 Å². The summed E-state index contributed by atoms with van der Waals surface area (Å²) < 4.78 is 0. The second-order valence-electron chi connectivity index (χ2n) is 5.63. The fourth-order valence-corrected chi connectivity index (χ4v) is 2.77. The summed E-state index contributed by atoms with van der Waals surface area (Å²) >= 11 is 0. The molecular weight excluding hydrogens is 272 g/mol. The van der Waals surface area contributed by atoms with Crippen molar-refractivity contribution in [1.82, 2.24) is 10.6 Å². The highest BCUT2D eigenvalue weighted by molar-refractivity contribution is 5.94. The van der Waals surface area contributed by atoms with Crippen LogP contribution in [0.2, 0.25) is 0 Å². The summed E-state index contributed by atoms with van der Waals surface area (Å²) in [6, 6.07) is 5.99. The van der Waals surface area contributed by atoms with Gasteiger partial charge in [-0.2, -0.15) is 0 Å². The van der Waals surface area contributed by atoms with Crippen LogP contribution in [-0.4, -0.2) is 25.5 Å². The van der Waals surface area contributed by atoms with E-state index in [-0.39, 0.29) is 18.3 Å². The van der Waals surface area contributed by atoms with Crippen molar-refractivity contribution >= 4 is 18.3 Å². The van der Waals surface area contributed by atoms with E-state index in [4.69, 9.17) is 0 Å². The van der Waals surface area contributed by atoms with E-state index >= 15 is 0 Å². The van der Waals surface area contributed by atoms with E-state index in [0.717, 1.165) is 42.7 Å². The normalized spacial score (nSPS) is 18.2. The van der Waals surface area contributed by atoms with Gasteiger partial charge in [-0.25, -0.2) is 0 Å². The third kappa shape index (κ3) is 5.14. The topological polar surface area (TPSA) is 41.1 Å². The molecule has 3 nitrogen and oxygen atoms in total. The highest BCUT2D eigenvalue weighted by Crippen LogP contribution is 2.13. The van der Waals surface area contributed by atoms with Gasteiger partial charge in [-0.15, -0.1) is 12.4 Å². The van der Waals surface area contributed by atoms with Crippen molar-refractivity contribution in [2.24, 2.45) is 5.92 Å². The van der Waals surface area contributed by atoms with Gasteiger partial charge in [-0.3, -0.25) is 4.79 Å². The van der Waals surface area contributed by atoms with Crippen LogP contribution in [0.4, 0.5) is 0 Å². The Labute approximate surface area is 127 Å². The molecule has 0 bridgehead atoms. The zero-order valence-electron chi connectivity index (χ0n) is 12.4. The number of amides is 1. The number of piperidine rings is 1. The van der Waals surface area contributed by atoms with Crippen molar-refractivity contribution in [3.8, 4) is 0 Å². The third-order valence-corrected chi connectivity index (χ3v) is 3.72. The Morgan fingerprint density at radius 3 is 2.60 bits per heavy atom. The van der Waals surface area contributed by atoms with Crippen LogP contribution in [0.25, 0.3) is 0 Å². The number of nitrogens with one attached hydrogen (secondary N) is 2. The Hall–Kier alpha value is -1.06. The molecule has 1 aliphatic heterocycles. The Kier molecular flexibility index (Phi) is 7.03. The molecule has 0 radical (unpaired) electrons. The highest BCUT2D eigenvalue weighted by Gasteiger charge is 2.13. The van der Waals surface area contributed by atoms with E-state index in [0.29, 0.717) is 5.92 Å². The van der Waals surface area contributed by atoms with Crippen LogP contribution in [0.1, 0.15) is 40.7 Å². The Balaban J connectivity index is 0.00000200. The SMILES string of the molecule is Cc1cc(C)cc(C(=O)NCCC2CCCNC2)c1.Cl. The second-order valence-corrected chi connectivity index (χ2v) is 5.63. The summed E-state index contributed by atoms with van der Waals surface area (Å²) in [6.07, 6.45) is 3.62. The van der Waals surface area contributed by atoms with E-state index in [9.17, 15) is 4.79 Å². The average molecular weight is 297 g/mol. The number of hydrogen-bond donors (Lipinski definition) is 2. The molecule has 1 unspecified atom stereocenters. The minimum atomic E-state index is 0. The van der Waals surface area contributed by atoms with Gasteiger partial charge in [-0.05, 0) is 64.3 Å². The first kappa shape index (κ1) is 17.0. The fourth-order valence-electron chi connectivity index (χ4n) is 2.77. The first-order valence-corrected chi connectivity index (χ1v) is 7.22. The van der Waals surface area contributed by atoms with Crippen LogP contribution in [-0.2, 0) is 0 Å². The highest BCUT2D eigenvalue weighted by atomic mass is 35.5. The second kappa shape index (κ2) is 8.28. The van der Waals surface area contributed by atoms with Crippen LogP contribution in [0, 0.1) is 19.8 Å².